The van der Waals surface area contributed by atoms with E-state index in [1.807, 2.05) is 0 Å². The van der Waals surface area contributed by atoms with Crippen LogP contribution < -0.4 is 10.1 Å². The second-order valence-electron chi connectivity index (χ2n) is 7.56. The first-order chi connectivity index (χ1) is 9.91. The average Bonchev–Trinajstić information content (AvgIpc) is 2.40. The molecule has 0 atom stereocenters. The number of nitrogens with one attached hydrogen (secondary N) is 1. The predicted octanol–water partition coefficient (Wildman–Crippen LogP) is 4.39. The second-order valence-corrected chi connectivity index (χ2v) is 7.56. The maximum atomic E-state index is 5.79. The summed E-state index contributed by atoms with van der Waals surface area (Å²) in [4.78, 5) is 0. The Morgan fingerprint density at radius 3 is 2.24 bits per heavy atom. The van der Waals surface area contributed by atoms with Crippen LogP contribution in [0.15, 0.2) is 24.3 Å². The van der Waals surface area contributed by atoms with Gasteiger partial charge in [0.2, 0.25) is 0 Å². The second kappa shape index (κ2) is 6.83. The zero-order valence-electron chi connectivity index (χ0n) is 14.3. The zero-order chi connectivity index (χ0) is 15.5. The van der Waals surface area contributed by atoms with Gasteiger partial charge in [-0.3, -0.25) is 0 Å². The fourth-order valence-corrected chi connectivity index (χ4v) is 3.32. The molecule has 1 aliphatic carbocycles. The van der Waals surface area contributed by atoms with Crippen LogP contribution in [0.25, 0.3) is 0 Å². The Balaban J connectivity index is 2.03. The molecule has 1 saturated carbocycles. The Morgan fingerprint density at radius 1 is 1.14 bits per heavy atom. The molecule has 0 spiro atoms. The van der Waals surface area contributed by atoms with E-state index in [0.29, 0.717) is 17.4 Å². The van der Waals surface area contributed by atoms with Crippen molar-refractivity contribution in [1.29, 1.82) is 0 Å². The lowest BCUT2D eigenvalue weighted by Gasteiger charge is -2.48. The Kier molecular flexibility index (Phi) is 5.32. The number of rotatable bonds is 7. The normalized spacial score (nSPS) is 25.2. The molecule has 0 saturated heterocycles. The van der Waals surface area contributed by atoms with E-state index in [9.17, 15) is 0 Å². The minimum absolute atomic E-state index is 0.334. The number of ether oxygens (including phenoxy) is 1. The molecule has 2 rings (SSSR count). The summed E-state index contributed by atoms with van der Waals surface area (Å²) in [7, 11) is 0. The molecule has 1 aromatic carbocycles. The van der Waals surface area contributed by atoms with Crippen LogP contribution in [0.5, 0.6) is 5.75 Å². The summed E-state index contributed by atoms with van der Waals surface area (Å²) in [6.45, 7) is 13.0. The molecule has 21 heavy (non-hydrogen) atoms. The highest BCUT2D eigenvalue weighted by atomic mass is 16.5. The number of hydrogen-bond donors (Lipinski definition) is 1. The van der Waals surface area contributed by atoms with Crippen LogP contribution in [0.3, 0.4) is 0 Å². The van der Waals surface area contributed by atoms with Gasteiger partial charge in [-0.1, -0.05) is 46.8 Å². The molecular weight excluding hydrogens is 258 g/mol. The van der Waals surface area contributed by atoms with Crippen LogP contribution in [-0.2, 0) is 5.41 Å². The first kappa shape index (κ1) is 16.4. The third kappa shape index (κ3) is 4.23. The first-order valence-electron chi connectivity index (χ1n) is 8.38. The highest BCUT2D eigenvalue weighted by Crippen LogP contribution is 2.47. The lowest BCUT2D eigenvalue weighted by Crippen LogP contribution is -2.49. The SMILES string of the molecule is CC(C)COc1ccc(C2(CNC(C)C)CC(C)C2)cc1. The van der Waals surface area contributed by atoms with Crippen LogP contribution in [-0.4, -0.2) is 19.2 Å². The molecule has 118 valence electrons. The van der Waals surface area contributed by atoms with Gasteiger partial charge in [-0.25, -0.2) is 0 Å². The van der Waals surface area contributed by atoms with Crippen molar-refractivity contribution in [2.24, 2.45) is 11.8 Å². The summed E-state index contributed by atoms with van der Waals surface area (Å²) in [5, 5.41) is 3.63. The number of hydrogen-bond acceptors (Lipinski definition) is 2. The molecule has 0 heterocycles. The van der Waals surface area contributed by atoms with E-state index in [-0.39, 0.29) is 0 Å². The summed E-state index contributed by atoms with van der Waals surface area (Å²) in [5.74, 6) is 2.40. The molecule has 0 aliphatic heterocycles. The summed E-state index contributed by atoms with van der Waals surface area (Å²) in [6.07, 6.45) is 2.58. The van der Waals surface area contributed by atoms with E-state index in [1.54, 1.807) is 0 Å². The molecule has 0 aromatic heterocycles. The summed E-state index contributed by atoms with van der Waals surface area (Å²) >= 11 is 0. The number of benzene rings is 1. The van der Waals surface area contributed by atoms with Crippen molar-refractivity contribution in [2.45, 2.75) is 58.9 Å². The van der Waals surface area contributed by atoms with Crippen LogP contribution in [0, 0.1) is 11.8 Å². The van der Waals surface area contributed by atoms with Crippen LogP contribution in [0.4, 0.5) is 0 Å². The molecule has 0 bridgehead atoms. The van der Waals surface area contributed by atoms with Crippen LogP contribution in [0.2, 0.25) is 0 Å². The van der Waals surface area contributed by atoms with Crippen molar-refractivity contribution >= 4 is 0 Å². The molecule has 2 nitrogen and oxygen atoms in total. The van der Waals surface area contributed by atoms with Gasteiger partial charge < -0.3 is 10.1 Å². The van der Waals surface area contributed by atoms with E-state index >= 15 is 0 Å². The Labute approximate surface area is 130 Å². The minimum Gasteiger partial charge on any atom is -0.493 e. The van der Waals surface area contributed by atoms with Crippen molar-refractivity contribution < 1.29 is 4.74 Å². The van der Waals surface area contributed by atoms with Crippen LogP contribution in [0.1, 0.15) is 53.0 Å². The topological polar surface area (TPSA) is 21.3 Å². The maximum Gasteiger partial charge on any atom is 0.119 e. The van der Waals surface area contributed by atoms with Gasteiger partial charge in [-0.15, -0.1) is 0 Å². The Hall–Kier alpha value is -1.02. The van der Waals surface area contributed by atoms with E-state index in [0.717, 1.165) is 24.8 Å². The smallest absolute Gasteiger partial charge is 0.119 e. The molecule has 1 N–H and O–H groups in total. The monoisotopic (exact) mass is 289 g/mol. The third-order valence-corrected chi connectivity index (χ3v) is 4.38. The molecule has 0 amide bonds. The van der Waals surface area contributed by atoms with Gasteiger partial charge in [0.05, 0.1) is 6.61 Å². The summed E-state index contributed by atoms with van der Waals surface area (Å²) in [6, 6.07) is 9.36. The molecule has 1 aromatic rings. The highest BCUT2D eigenvalue weighted by molar-refractivity contribution is 5.35. The van der Waals surface area contributed by atoms with E-state index in [2.05, 4.69) is 64.2 Å². The lowest BCUT2D eigenvalue weighted by atomic mass is 9.59. The fraction of sp³-hybridized carbons (Fsp3) is 0.684. The van der Waals surface area contributed by atoms with Gasteiger partial charge in [0.15, 0.2) is 0 Å². The lowest BCUT2D eigenvalue weighted by molar-refractivity contribution is 0.149. The fourth-order valence-electron chi connectivity index (χ4n) is 3.32. The van der Waals surface area contributed by atoms with Gasteiger partial charge in [0.1, 0.15) is 5.75 Å². The molecule has 0 radical (unpaired) electrons. The first-order valence-corrected chi connectivity index (χ1v) is 8.38. The molecular formula is C19H31NO. The van der Waals surface area contributed by atoms with Crippen LogP contribution >= 0.6 is 0 Å². The standard InChI is InChI=1S/C19H31NO/c1-14(2)12-21-18-8-6-17(7-9-18)19(10-16(5)11-19)13-20-15(3)4/h6-9,14-16,20H,10-13H2,1-5H3. The average molecular weight is 289 g/mol. The summed E-state index contributed by atoms with van der Waals surface area (Å²) < 4.78 is 5.79. The van der Waals surface area contributed by atoms with Crippen molar-refractivity contribution in [3.05, 3.63) is 29.8 Å². The quantitative estimate of drug-likeness (QED) is 0.804. The maximum absolute atomic E-state index is 5.79. The Morgan fingerprint density at radius 2 is 1.76 bits per heavy atom. The van der Waals surface area contributed by atoms with E-state index in [4.69, 9.17) is 4.74 Å². The van der Waals surface area contributed by atoms with Gasteiger partial charge in [-0.2, -0.15) is 0 Å². The molecule has 1 fully saturated rings. The van der Waals surface area contributed by atoms with Crippen molar-refractivity contribution in [3.63, 3.8) is 0 Å². The Bertz CT molecular complexity index is 429. The summed E-state index contributed by atoms with van der Waals surface area (Å²) in [5.41, 5.74) is 1.80. The van der Waals surface area contributed by atoms with Crippen molar-refractivity contribution in [2.75, 3.05) is 13.2 Å². The van der Waals surface area contributed by atoms with Crippen molar-refractivity contribution in [3.8, 4) is 5.75 Å². The molecule has 2 heteroatoms. The largest absolute Gasteiger partial charge is 0.493 e. The minimum atomic E-state index is 0.334. The highest BCUT2D eigenvalue weighted by Gasteiger charge is 2.43. The van der Waals surface area contributed by atoms with Gasteiger partial charge in [0.25, 0.3) is 0 Å². The van der Waals surface area contributed by atoms with E-state index < -0.39 is 0 Å². The van der Waals surface area contributed by atoms with Gasteiger partial charge in [-0.05, 0) is 42.4 Å². The zero-order valence-corrected chi connectivity index (χ0v) is 14.3. The molecule has 0 unspecified atom stereocenters. The molecule has 1 aliphatic rings. The van der Waals surface area contributed by atoms with E-state index in [1.165, 1.54) is 18.4 Å². The predicted molar refractivity (Wildman–Crippen MR) is 90.0 cm³/mol. The third-order valence-electron chi connectivity index (χ3n) is 4.38. The van der Waals surface area contributed by atoms with Gasteiger partial charge >= 0.3 is 0 Å². The van der Waals surface area contributed by atoms with Gasteiger partial charge in [0, 0.05) is 18.0 Å². The van der Waals surface area contributed by atoms with Crippen molar-refractivity contribution in [1.82, 2.24) is 5.32 Å².